The molecule has 0 fully saturated rings. The number of guanidine groups is 1. The Bertz CT molecular complexity index is 683. The van der Waals surface area contributed by atoms with Crippen LogP contribution in [-0.2, 0) is 13.0 Å². The number of hydrogen-bond donors (Lipinski definition) is 2. The summed E-state index contributed by atoms with van der Waals surface area (Å²) < 4.78 is 10.7. The van der Waals surface area contributed by atoms with E-state index in [0.29, 0.717) is 0 Å². The Morgan fingerprint density at radius 2 is 1.96 bits per heavy atom. The summed E-state index contributed by atoms with van der Waals surface area (Å²) >= 11 is 1.79. The quantitative estimate of drug-likeness (QED) is 0.597. The number of rotatable bonds is 7. The molecule has 0 saturated heterocycles. The second-order valence-corrected chi connectivity index (χ2v) is 6.67. The van der Waals surface area contributed by atoms with E-state index in [9.17, 15) is 0 Å². The first kappa shape index (κ1) is 18.1. The summed E-state index contributed by atoms with van der Waals surface area (Å²) in [4.78, 5) is 6.88. The van der Waals surface area contributed by atoms with Crippen LogP contribution in [-0.4, -0.2) is 33.8 Å². The van der Waals surface area contributed by atoms with Crippen LogP contribution in [0.25, 0.3) is 0 Å². The molecule has 0 aliphatic rings. The Morgan fingerprint density at radius 3 is 2.58 bits per heavy atom. The fraction of sp³-hybridized carbons (Fsp3) is 0.389. The van der Waals surface area contributed by atoms with Gasteiger partial charge in [0.05, 0.1) is 20.8 Å². The van der Waals surface area contributed by atoms with Gasteiger partial charge >= 0.3 is 0 Å². The van der Waals surface area contributed by atoms with Crippen LogP contribution in [0.15, 0.2) is 35.3 Å². The standard InChI is InChI=1S/C18H25N3O2S/c1-13-5-7-16(24-13)12-21-18(19-2)20-10-9-14-11-15(22-3)6-8-17(14)23-4/h5-8,11H,9-10,12H2,1-4H3,(H2,19,20,21). The largest absolute Gasteiger partial charge is 0.497 e. The smallest absolute Gasteiger partial charge is 0.191 e. The van der Waals surface area contributed by atoms with Gasteiger partial charge in [-0.05, 0) is 49.2 Å². The zero-order chi connectivity index (χ0) is 17.4. The molecule has 24 heavy (non-hydrogen) atoms. The SMILES string of the molecule is CN=C(NCCc1cc(OC)ccc1OC)NCc1ccc(C)s1. The molecule has 0 radical (unpaired) electrons. The summed E-state index contributed by atoms with van der Waals surface area (Å²) in [6, 6.07) is 10.1. The lowest BCUT2D eigenvalue weighted by molar-refractivity contribution is 0.398. The highest BCUT2D eigenvalue weighted by atomic mass is 32.1. The minimum Gasteiger partial charge on any atom is -0.497 e. The van der Waals surface area contributed by atoms with Gasteiger partial charge in [0.2, 0.25) is 0 Å². The highest BCUT2D eigenvalue weighted by Gasteiger charge is 2.06. The molecule has 2 rings (SSSR count). The van der Waals surface area contributed by atoms with E-state index < -0.39 is 0 Å². The third-order valence-electron chi connectivity index (χ3n) is 3.62. The first-order valence-corrected chi connectivity index (χ1v) is 8.68. The van der Waals surface area contributed by atoms with Crippen molar-refractivity contribution in [3.05, 3.63) is 45.6 Å². The van der Waals surface area contributed by atoms with Gasteiger partial charge in [-0.25, -0.2) is 0 Å². The van der Waals surface area contributed by atoms with Crippen molar-refractivity contribution in [3.8, 4) is 11.5 Å². The lowest BCUT2D eigenvalue weighted by Gasteiger charge is -2.13. The Labute approximate surface area is 147 Å². The van der Waals surface area contributed by atoms with Gasteiger partial charge in [0, 0.05) is 23.3 Å². The fourth-order valence-electron chi connectivity index (χ4n) is 2.36. The number of benzene rings is 1. The number of thiophene rings is 1. The Hall–Kier alpha value is -2.21. The number of methoxy groups -OCH3 is 2. The predicted octanol–water partition coefficient (Wildman–Crippen LogP) is 2.98. The lowest BCUT2D eigenvalue weighted by Crippen LogP contribution is -2.37. The van der Waals surface area contributed by atoms with E-state index in [1.807, 2.05) is 18.2 Å². The molecular weight excluding hydrogens is 322 g/mol. The van der Waals surface area contributed by atoms with Crippen LogP contribution in [0, 0.1) is 6.92 Å². The van der Waals surface area contributed by atoms with Crippen LogP contribution < -0.4 is 20.1 Å². The predicted molar refractivity (Wildman–Crippen MR) is 101 cm³/mol. The van der Waals surface area contributed by atoms with Crippen molar-refractivity contribution in [2.75, 3.05) is 27.8 Å². The molecule has 1 aromatic heterocycles. The summed E-state index contributed by atoms with van der Waals surface area (Å²) in [6.07, 6.45) is 0.819. The fourth-order valence-corrected chi connectivity index (χ4v) is 3.19. The molecule has 0 bridgehead atoms. The maximum absolute atomic E-state index is 5.41. The molecule has 2 aromatic rings. The Morgan fingerprint density at radius 1 is 1.12 bits per heavy atom. The molecule has 130 valence electrons. The highest BCUT2D eigenvalue weighted by Crippen LogP contribution is 2.24. The maximum atomic E-state index is 5.41. The topological polar surface area (TPSA) is 54.9 Å². The molecule has 0 aliphatic carbocycles. The average Bonchev–Trinajstić information content (AvgIpc) is 3.03. The van der Waals surface area contributed by atoms with Gasteiger partial charge in [-0.15, -0.1) is 11.3 Å². The zero-order valence-electron chi connectivity index (χ0n) is 14.7. The minimum atomic E-state index is 0.757. The first-order valence-electron chi connectivity index (χ1n) is 7.87. The summed E-state index contributed by atoms with van der Waals surface area (Å²) in [5.41, 5.74) is 1.11. The van der Waals surface area contributed by atoms with Crippen molar-refractivity contribution in [1.82, 2.24) is 10.6 Å². The molecule has 6 heteroatoms. The van der Waals surface area contributed by atoms with Crippen LogP contribution >= 0.6 is 11.3 Å². The second kappa shape index (κ2) is 9.17. The van der Waals surface area contributed by atoms with Crippen molar-refractivity contribution in [2.45, 2.75) is 19.9 Å². The first-order chi connectivity index (χ1) is 11.7. The van der Waals surface area contributed by atoms with Gasteiger partial charge < -0.3 is 20.1 Å². The van der Waals surface area contributed by atoms with Crippen LogP contribution in [0.1, 0.15) is 15.3 Å². The normalized spacial score (nSPS) is 11.2. The van der Waals surface area contributed by atoms with Crippen molar-refractivity contribution in [2.24, 2.45) is 4.99 Å². The number of aryl methyl sites for hydroxylation is 1. The molecule has 0 amide bonds. The molecule has 0 atom stereocenters. The average molecular weight is 347 g/mol. The molecular formula is C18H25N3O2S. The molecule has 0 unspecified atom stereocenters. The Kier molecular flexibility index (Phi) is 6.93. The molecule has 1 heterocycles. The molecule has 0 spiro atoms. The van der Waals surface area contributed by atoms with Crippen LogP contribution in [0.4, 0.5) is 0 Å². The molecule has 5 nitrogen and oxygen atoms in total. The van der Waals surface area contributed by atoms with Crippen LogP contribution in [0.2, 0.25) is 0 Å². The molecule has 0 saturated carbocycles. The van der Waals surface area contributed by atoms with Crippen LogP contribution in [0.3, 0.4) is 0 Å². The zero-order valence-corrected chi connectivity index (χ0v) is 15.5. The summed E-state index contributed by atoms with van der Waals surface area (Å²) in [6.45, 7) is 3.65. The number of nitrogens with zero attached hydrogens (tertiary/aromatic N) is 1. The van der Waals surface area contributed by atoms with Gasteiger partial charge in [0.25, 0.3) is 0 Å². The third-order valence-corrected chi connectivity index (χ3v) is 4.62. The van der Waals surface area contributed by atoms with E-state index in [-0.39, 0.29) is 0 Å². The van der Waals surface area contributed by atoms with Gasteiger partial charge in [0.1, 0.15) is 11.5 Å². The van der Waals surface area contributed by atoms with Crippen molar-refractivity contribution >= 4 is 17.3 Å². The maximum Gasteiger partial charge on any atom is 0.191 e. The van der Waals surface area contributed by atoms with Gasteiger partial charge in [0.15, 0.2) is 5.96 Å². The summed E-state index contributed by atoms with van der Waals surface area (Å²) in [7, 11) is 5.13. The van der Waals surface area contributed by atoms with Crippen LogP contribution in [0.5, 0.6) is 11.5 Å². The van der Waals surface area contributed by atoms with Crippen molar-refractivity contribution in [1.29, 1.82) is 0 Å². The number of aliphatic imine (C=N–C) groups is 1. The monoisotopic (exact) mass is 347 g/mol. The number of nitrogens with one attached hydrogen (secondary N) is 2. The van der Waals surface area contributed by atoms with Gasteiger partial charge in [-0.1, -0.05) is 0 Å². The molecule has 1 aromatic carbocycles. The van der Waals surface area contributed by atoms with Crippen molar-refractivity contribution in [3.63, 3.8) is 0 Å². The van der Waals surface area contributed by atoms with E-state index >= 15 is 0 Å². The minimum absolute atomic E-state index is 0.757. The van der Waals surface area contributed by atoms with Gasteiger partial charge in [-0.3, -0.25) is 4.99 Å². The molecule has 0 aliphatic heterocycles. The number of hydrogen-bond acceptors (Lipinski definition) is 4. The van der Waals surface area contributed by atoms with Gasteiger partial charge in [-0.2, -0.15) is 0 Å². The molecule has 2 N–H and O–H groups in total. The van der Waals surface area contributed by atoms with E-state index in [1.54, 1.807) is 32.6 Å². The van der Waals surface area contributed by atoms with E-state index in [0.717, 1.165) is 42.5 Å². The number of ether oxygens (including phenoxy) is 2. The summed E-state index contributed by atoms with van der Waals surface area (Å²) in [5.74, 6) is 2.50. The Balaban J connectivity index is 1.85. The van der Waals surface area contributed by atoms with E-state index in [4.69, 9.17) is 9.47 Å². The van der Waals surface area contributed by atoms with E-state index in [2.05, 4.69) is 34.7 Å². The highest BCUT2D eigenvalue weighted by molar-refractivity contribution is 7.11. The summed E-state index contributed by atoms with van der Waals surface area (Å²) in [5, 5.41) is 6.66. The lowest BCUT2D eigenvalue weighted by atomic mass is 10.1. The third kappa shape index (κ3) is 5.16. The van der Waals surface area contributed by atoms with E-state index in [1.165, 1.54) is 9.75 Å². The van der Waals surface area contributed by atoms with Crippen molar-refractivity contribution < 1.29 is 9.47 Å². The second-order valence-electron chi connectivity index (χ2n) is 5.29.